The Labute approximate surface area is 112 Å². The van der Waals surface area contributed by atoms with Gasteiger partial charge in [-0.25, -0.2) is 26.0 Å². The molecule has 1 rings (SSSR count). The molecule has 0 radical (unpaired) electrons. The van der Waals surface area contributed by atoms with Gasteiger partial charge in [0.05, 0.1) is 13.2 Å². The van der Waals surface area contributed by atoms with E-state index in [-0.39, 0.29) is 9.99 Å². The highest BCUT2D eigenvalue weighted by Gasteiger charge is 2.32. The number of nitrogens with two attached hydrogens (primary N) is 1. The Morgan fingerprint density at radius 2 is 1.75 bits per heavy atom. The largest absolute Gasteiger partial charge is 0.399 e. The molecular weight excluding hydrogens is 304 g/mol. The van der Waals surface area contributed by atoms with Gasteiger partial charge in [0.2, 0.25) is 10.0 Å². The highest BCUT2D eigenvalue weighted by molar-refractivity contribution is 7.89. The smallest absolute Gasteiger partial charge is 0.252 e. The molecule has 0 aliphatic rings. The Morgan fingerprint density at radius 1 is 1.25 bits per heavy atom. The number of hydrogen-bond acceptors (Lipinski definition) is 4. The number of anilines is 1. The van der Waals surface area contributed by atoms with Crippen LogP contribution in [-0.4, -0.2) is 44.0 Å². The number of hydrogen-bond donors (Lipinski definition) is 2. The summed E-state index contributed by atoms with van der Waals surface area (Å²) in [4.78, 5) is -1.37. The van der Waals surface area contributed by atoms with E-state index in [1.807, 2.05) is 0 Å². The predicted molar refractivity (Wildman–Crippen MR) is 62.6 cm³/mol. The second-order valence-corrected chi connectivity index (χ2v) is 5.67. The van der Waals surface area contributed by atoms with Crippen LogP contribution < -0.4 is 5.73 Å². The summed E-state index contributed by atoms with van der Waals surface area (Å²) in [6, 6.07) is 1.13. The van der Waals surface area contributed by atoms with Crippen molar-refractivity contribution < 1.29 is 31.1 Å². The molecule has 3 N–H and O–H groups in total. The Hall–Kier alpha value is -1.39. The van der Waals surface area contributed by atoms with Gasteiger partial charge in [0.25, 0.3) is 6.43 Å². The van der Waals surface area contributed by atoms with Gasteiger partial charge >= 0.3 is 0 Å². The first-order valence-electron chi connectivity index (χ1n) is 5.33. The molecule has 0 saturated carbocycles. The van der Waals surface area contributed by atoms with Crippen molar-refractivity contribution in [2.45, 2.75) is 11.3 Å². The van der Waals surface area contributed by atoms with E-state index in [2.05, 4.69) is 0 Å². The average molecular weight is 316 g/mol. The topological polar surface area (TPSA) is 83.6 Å². The Balaban J connectivity index is 3.33. The molecule has 5 nitrogen and oxygen atoms in total. The number of nitrogens with zero attached hydrogens (tertiary/aromatic N) is 1. The van der Waals surface area contributed by atoms with Gasteiger partial charge < -0.3 is 10.8 Å². The van der Waals surface area contributed by atoms with Gasteiger partial charge in [0, 0.05) is 12.2 Å². The van der Waals surface area contributed by atoms with E-state index < -0.39 is 52.7 Å². The number of rotatable bonds is 6. The summed E-state index contributed by atoms with van der Waals surface area (Å²) < 4.78 is 75.8. The summed E-state index contributed by atoms with van der Waals surface area (Å²) in [7, 11) is -4.85. The van der Waals surface area contributed by atoms with E-state index in [1.54, 1.807) is 0 Å². The van der Waals surface area contributed by atoms with E-state index in [0.717, 1.165) is 0 Å². The molecule has 0 saturated heterocycles. The second-order valence-electron chi connectivity index (χ2n) is 3.79. The maximum Gasteiger partial charge on any atom is 0.252 e. The van der Waals surface area contributed by atoms with Crippen LogP contribution in [0.4, 0.5) is 23.2 Å². The van der Waals surface area contributed by atoms with Gasteiger partial charge in [-0.2, -0.15) is 4.31 Å². The quantitative estimate of drug-likeness (QED) is 0.600. The maximum atomic E-state index is 13.6. The number of alkyl halides is 2. The SMILES string of the molecule is Nc1cc(F)c(S(=O)(=O)N(CCO)CC(F)F)c(F)c1. The zero-order valence-corrected chi connectivity index (χ0v) is 10.9. The second kappa shape index (κ2) is 6.37. The molecule has 20 heavy (non-hydrogen) atoms. The molecular formula is C10H12F4N2O3S. The summed E-state index contributed by atoms with van der Waals surface area (Å²) in [6.45, 7) is -2.77. The Morgan fingerprint density at radius 3 is 2.15 bits per heavy atom. The molecule has 0 aliphatic heterocycles. The van der Waals surface area contributed by atoms with Crippen LogP contribution in [0.2, 0.25) is 0 Å². The molecule has 0 bridgehead atoms. The fourth-order valence-electron chi connectivity index (χ4n) is 1.53. The van der Waals surface area contributed by atoms with Gasteiger partial charge in [-0.3, -0.25) is 0 Å². The highest BCUT2D eigenvalue weighted by Crippen LogP contribution is 2.25. The van der Waals surface area contributed by atoms with Crippen molar-refractivity contribution in [1.82, 2.24) is 4.31 Å². The van der Waals surface area contributed by atoms with Crippen LogP contribution in [-0.2, 0) is 10.0 Å². The van der Waals surface area contributed by atoms with Crippen LogP contribution in [0, 0.1) is 11.6 Å². The van der Waals surface area contributed by atoms with Crippen LogP contribution in [0.1, 0.15) is 0 Å². The third-order valence-corrected chi connectivity index (χ3v) is 4.23. The lowest BCUT2D eigenvalue weighted by Crippen LogP contribution is -2.38. The van der Waals surface area contributed by atoms with Gasteiger partial charge in [0.15, 0.2) is 4.90 Å². The third-order valence-electron chi connectivity index (χ3n) is 2.31. The number of nitrogen functional groups attached to an aromatic ring is 1. The van der Waals surface area contributed by atoms with Crippen LogP contribution in [0.5, 0.6) is 0 Å². The number of sulfonamides is 1. The summed E-state index contributed by atoms with van der Waals surface area (Å²) in [5.74, 6) is -2.97. The molecule has 0 fully saturated rings. The van der Waals surface area contributed by atoms with Crippen molar-refractivity contribution >= 4 is 15.7 Å². The van der Waals surface area contributed by atoms with Crippen LogP contribution in [0.3, 0.4) is 0 Å². The lowest BCUT2D eigenvalue weighted by atomic mass is 10.3. The zero-order chi connectivity index (χ0) is 15.5. The molecule has 0 aliphatic carbocycles. The van der Waals surface area contributed by atoms with Gasteiger partial charge in [-0.05, 0) is 12.1 Å². The number of aliphatic hydroxyl groups is 1. The molecule has 0 unspecified atom stereocenters. The standard InChI is InChI=1S/C10H12F4N2O3S/c11-7-3-6(15)4-8(12)10(7)20(18,19)16(1-2-17)5-9(13)14/h3-4,9,17H,1-2,5,15H2. The van der Waals surface area contributed by atoms with Crippen molar-refractivity contribution in [3.63, 3.8) is 0 Å². The van der Waals surface area contributed by atoms with Crippen molar-refractivity contribution in [3.05, 3.63) is 23.8 Å². The normalized spacial score (nSPS) is 12.3. The number of halogens is 4. The van der Waals surface area contributed by atoms with Crippen LogP contribution >= 0.6 is 0 Å². The van der Waals surface area contributed by atoms with Crippen molar-refractivity contribution in [3.8, 4) is 0 Å². The van der Waals surface area contributed by atoms with Crippen molar-refractivity contribution in [2.75, 3.05) is 25.4 Å². The third kappa shape index (κ3) is 3.58. The zero-order valence-electron chi connectivity index (χ0n) is 10.1. The van der Waals surface area contributed by atoms with Gasteiger partial charge in [-0.1, -0.05) is 0 Å². The van der Waals surface area contributed by atoms with E-state index in [0.29, 0.717) is 12.1 Å². The summed E-state index contributed by atoms with van der Waals surface area (Å²) >= 11 is 0. The Kier molecular flexibility index (Phi) is 5.31. The van der Waals surface area contributed by atoms with Gasteiger partial charge in [-0.15, -0.1) is 0 Å². The minimum Gasteiger partial charge on any atom is -0.399 e. The summed E-state index contributed by atoms with van der Waals surface area (Å²) in [5.41, 5.74) is 4.79. The average Bonchev–Trinajstić information content (AvgIpc) is 2.25. The number of aliphatic hydroxyl groups excluding tert-OH is 1. The maximum absolute atomic E-state index is 13.6. The molecule has 114 valence electrons. The van der Waals surface area contributed by atoms with Gasteiger partial charge in [0.1, 0.15) is 11.6 Å². The van der Waals surface area contributed by atoms with E-state index in [9.17, 15) is 26.0 Å². The molecule has 1 aromatic rings. The molecule has 0 aromatic heterocycles. The first kappa shape index (κ1) is 16.7. The molecule has 0 amide bonds. The van der Waals surface area contributed by atoms with Crippen molar-refractivity contribution in [1.29, 1.82) is 0 Å². The first-order chi connectivity index (χ1) is 9.20. The minimum atomic E-state index is -4.85. The molecule has 1 aromatic carbocycles. The minimum absolute atomic E-state index is 0.106. The van der Waals surface area contributed by atoms with E-state index in [1.165, 1.54) is 0 Å². The first-order valence-corrected chi connectivity index (χ1v) is 6.77. The van der Waals surface area contributed by atoms with Crippen molar-refractivity contribution in [2.24, 2.45) is 0 Å². The fraction of sp³-hybridized carbons (Fsp3) is 0.400. The monoisotopic (exact) mass is 316 g/mol. The molecule has 10 heteroatoms. The van der Waals surface area contributed by atoms with E-state index >= 15 is 0 Å². The predicted octanol–water partition coefficient (Wildman–Crippen LogP) is 0.795. The van der Waals surface area contributed by atoms with E-state index in [4.69, 9.17) is 10.8 Å². The molecule has 0 spiro atoms. The molecule has 0 atom stereocenters. The number of benzene rings is 1. The van der Waals surface area contributed by atoms with Crippen LogP contribution in [0.25, 0.3) is 0 Å². The highest BCUT2D eigenvalue weighted by atomic mass is 32.2. The lowest BCUT2D eigenvalue weighted by Gasteiger charge is -2.21. The lowest BCUT2D eigenvalue weighted by molar-refractivity contribution is 0.112. The summed E-state index contributed by atoms with van der Waals surface area (Å²) in [5, 5.41) is 8.68. The Bertz CT molecular complexity index is 557. The molecule has 0 heterocycles. The van der Waals surface area contributed by atoms with Crippen LogP contribution in [0.15, 0.2) is 17.0 Å². The fourth-order valence-corrected chi connectivity index (χ4v) is 3.03. The summed E-state index contributed by atoms with van der Waals surface area (Å²) in [6.07, 6.45) is -3.06.